The summed E-state index contributed by atoms with van der Waals surface area (Å²) in [5.74, 6) is 0.579. The number of anilines is 2. The second-order valence-corrected chi connectivity index (χ2v) is 9.00. The molecule has 0 aliphatic carbocycles. The predicted octanol–water partition coefficient (Wildman–Crippen LogP) is 6.48. The maximum Gasteiger partial charge on any atom is 0.420 e. The zero-order chi connectivity index (χ0) is 21.6. The number of para-hydroxylation sites is 1. The molecule has 0 spiro atoms. The van der Waals surface area contributed by atoms with Crippen molar-refractivity contribution in [2.24, 2.45) is 0 Å². The average molecular weight is 410 g/mol. The number of amides is 1. The van der Waals surface area contributed by atoms with E-state index >= 15 is 0 Å². The van der Waals surface area contributed by atoms with Crippen LogP contribution in [0.1, 0.15) is 71.4 Å². The Bertz CT molecular complexity index is 799. The second kappa shape index (κ2) is 10.1. The van der Waals surface area contributed by atoms with Crippen molar-refractivity contribution >= 4 is 17.6 Å². The van der Waals surface area contributed by atoms with Crippen molar-refractivity contribution in [1.82, 2.24) is 9.88 Å². The molecular weight excluding hydrogens is 374 g/mol. The Morgan fingerprint density at radius 1 is 1.17 bits per heavy atom. The number of unbranched alkanes of at least 4 members (excludes halogenated alkanes) is 1. The number of pyridine rings is 1. The lowest BCUT2D eigenvalue weighted by atomic mass is 9.96. The van der Waals surface area contributed by atoms with Crippen molar-refractivity contribution < 1.29 is 9.53 Å². The average Bonchev–Trinajstić information content (AvgIpc) is 2.73. The van der Waals surface area contributed by atoms with E-state index in [0.717, 1.165) is 18.8 Å². The van der Waals surface area contributed by atoms with Crippen molar-refractivity contribution in [3.8, 4) is 0 Å². The number of carbonyl (C=O) groups excluding carboxylic acids is 1. The largest absolute Gasteiger partial charge is 0.443 e. The number of nitrogens with zero attached hydrogens (tertiary/aromatic N) is 3. The number of benzene rings is 1. The van der Waals surface area contributed by atoms with Crippen LogP contribution in [0.5, 0.6) is 0 Å². The van der Waals surface area contributed by atoms with Gasteiger partial charge in [-0.25, -0.2) is 14.7 Å². The van der Waals surface area contributed by atoms with Crippen molar-refractivity contribution in [2.45, 2.75) is 71.4 Å². The van der Waals surface area contributed by atoms with E-state index in [1.54, 1.807) is 4.90 Å². The van der Waals surface area contributed by atoms with Gasteiger partial charge in [0.2, 0.25) is 0 Å². The molecule has 0 unspecified atom stereocenters. The van der Waals surface area contributed by atoms with Gasteiger partial charge >= 0.3 is 6.09 Å². The number of hydrogen-bond donors (Lipinski definition) is 0. The fraction of sp³-hybridized carbons (Fsp3) is 0.520. The Kier molecular flexibility index (Phi) is 7.48. The first-order valence-electron chi connectivity index (χ1n) is 11.2. The molecule has 1 atom stereocenters. The molecule has 1 aliphatic rings. The van der Waals surface area contributed by atoms with Gasteiger partial charge in [0.25, 0.3) is 0 Å². The van der Waals surface area contributed by atoms with Crippen LogP contribution < -0.4 is 4.90 Å². The highest BCUT2D eigenvalue weighted by Gasteiger charge is 2.27. The standard InChI is InChI=1S/C25H35N3O2/c1-5-6-17-27-18-11-10-14-22(27)20-15-16-23(26-19-20)28(21-12-8-7-9-13-21)24(29)30-25(2,3)4/h7-9,12-13,15-16,19,22H,5-6,10-11,14,17-18H2,1-4H3/t22-/m1/s1. The Morgan fingerprint density at radius 3 is 2.57 bits per heavy atom. The van der Waals surface area contributed by atoms with Gasteiger partial charge in [-0.1, -0.05) is 44.0 Å². The Labute approximate surface area is 181 Å². The molecule has 1 saturated heterocycles. The highest BCUT2D eigenvalue weighted by Crippen LogP contribution is 2.32. The topological polar surface area (TPSA) is 45.7 Å². The molecule has 3 rings (SSSR count). The summed E-state index contributed by atoms with van der Waals surface area (Å²) in [7, 11) is 0. The number of rotatable bonds is 6. The molecule has 0 radical (unpaired) electrons. The van der Waals surface area contributed by atoms with Gasteiger partial charge in [0.15, 0.2) is 0 Å². The van der Waals surface area contributed by atoms with Crippen molar-refractivity contribution in [1.29, 1.82) is 0 Å². The molecule has 1 fully saturated rings. The van der Waals surface area contributed by atoms with Gasteiger partial charge in [0.1, 0.15) is 11.4 Å². The van der Waals surface area contributed by atoms with E-state index in [0.29, 0.717) is 11.9 Å². The number of likely N-dealkylation sites (tertiary alicyclic amines) is 1. The third-order valence-electron chi connectivity index (χ3n) is 5.39. The molecular formula is C25H35N3O2. The SMILES string of the molecule is CCCCN1CCCC[C@@H]1c1ccc(N(C(=O)OC(C)(C)C)c2ccccc2)nc1. The summed E-state index contributed by atoms with van der Waals surface area (Å²) in [5, 5.41) is 0. The summed E-state index contributed by atoms with van der Waals surface area (Å²) in [4.78, 5) is 21.8. The summed E-state index contributed by atoms with van der Waals surface area (Å²) in [6, 6.07) is 14.0. The lowest BCUT2D eigenvalue weighted by Gasteiger charge is -2.36. The summed E-state index contributed by atoms with van der Waals surface area (Å²) >= 11 is 0. The highest BCUT2D eigenvalue weighted by molar-refractivity contribution is 5.95. The fourth-order valence-corrected chi connectivity index (χ4v) is 3.94. The maximum absolute atomic E-state index is 13.0. The van der Waals surface area contributed by atoms with Crippen molar-refractivity contribution in [3.05, 3.63) is 54.2 Å². The van der Waals surface area contributed by atoms with Crippen LogP contribution in [-0.4, -0.2) is 34.7 Å². The third-order valence-corrected chi connectivity index (χ3v) is 5.39. The molecule has 2 heterocycles. The number of ether oxygens (including phenoxy) is 1. The highest BCUT2D eigenvalue weighted by atomic mass is 16.6. The fourth-order valence-electron chi connectivity index (χ4n) is 3.94. The van der Waals surface area contributed by atoms with Crippen LogP contribution in [0.2, 0.25) is 0 Å². The summed E-state index contributed by atoms with van der Waals surface area (Å²) in [6.07, 6.45) is 7.64. The van der Waals surface area contributed by atoms with E-state index in [1.165, 1.54) is 37.7 Å². The number of piperidine rings is 1. The third kappa shape index (κ3) is 5.82. The van der Waals surface area contributed by atoms with Crippen LogP contribution in [0.3, 0.4) is 0 Å². The molecule has 1 aromatic carbocycles. The molecule has 0 bridgehead atoms. The van der Waals surface area contributed by atoms with E-state index in [1.807, 2.05) is 63.4 Å². The van der Waals surface area contributed by atoms with E-state index < -0.39 is 11.7 Å². The second-order valence-electron chi connectivity index (χ2n) is 9.00. The van der Waals surface area contributed by atoms with Gasteiger partial charge in [-0.3, -0.25) is 4.90 Å². The van der Waals surface area contributed by atoms with Crippen molar-refractivity contribution in [3.63, 3.8) is 0 Å². The minimum atomic E-state index is -0.577. The molecule has 1 aromatic heterocycles. The quantitative estimate of drug-likeness (QED) is 0.547. The van der Waals surface area contributed by atoms with Crippen LogP contribution in [0.25, 0.3) is 0 Å². The van der Waals surface area contributed by atoms with Gasteiger partial charge in [-0.05, 0) is 76.9 Å². The minimum absolute atomic E-state index is 0.415. The first-order chi connectivity index (χ1) is 14.4. The molecule has 1 amide bonds. The van der Waals surface area contributed by atoms with E-state index in [-0.39, 0.29) is 0 Å². The lowest BCUT2D eigenvalue weighted by Crippen LogP contribution is -2.35. The minimum Gasteiger partial charge on any atom is -0.443 e. The molecule has 2 aromatic rings. The van der Waals surface area contributed by atoms with Crippen LogP contribution in [0, 0.1) is 0 Å². The molecule has 30 heavy (non-hydrogen) atoms. The van der Waals surface area contributed by atoms with Crippen LogP contribution in [0.4, 0.5) is 16.3 Å². The smallest absolute Gasteiger partial charge is 0.420 e. The van der Waals surface area contributed by atoms with Gasteiger partial charge in [-0.2, -0.15) is 0 Å². The molecule has 5 heteroatoms. The van der Waals surface area contributed by atoms with Crippen LogP contribution in [0.15, 0.2) is 48.7 Å². The van der Waals surface area contributed by atoms with Crippen LogP contribution in [-0.2, 0) is 4.74 Å². The number of hydrogen-bond acceptors (Lipinski definition) is 4. The van der Waals surface area contributed by atoms with Crippen LogP contribution >= 0.6 is 0 Å². The van der Waals surface area contributed by atoms with E-state index in [4.69, 9.17) is 9.72 Å². The maximum atomic E-state index is 13.0. The van der Waals surface area contributed by atoms with Crippen molar-refractivity contribution in [2.75, 3.05) is 18.0 Å². The zero-order valence-electron chi connectivity index (χ0n) is 18.8. The van der Waals surface area contributed by atoms with E-state index in [9.17, 15) is 4.79 Å². The monoisotopic (exact) mass is 409 g/mol. The number of carbonyl (C=O) groups is 1. The van der Waals surface area contributed by atoms with Gasteiger partial charge in [-0.15, -0.1) is 0 Å². The van der Waals surface area contributed by atoms with Gasteiger partial charge in [0, 0.05) is 12.2 Å². The Morgan fingerprint density at radius 2 is 1.93 bits per heavy atom. The Hall–Kier alpha value is -2.40. The zero-order valence-corrected chi connectivity index (χ0v) is 18.8. The number of aromatic nitrogens is 1. The first-order valence-corrected chi connectivity index (χ1v) is 11.2. The van der Waals surface area contributed by atoms with E-state index in [2.05, 4.69) is 17.9 Å². The molecule has 1 aliphatic heterocycles. The summed E-state index contributed by atoms with van der Waals surface area (Å²) < 4.78 is 5.66. The first kappa shape index (κ1) is 22.3. The lowest BCUT2D eigenvalue weighted by molar-refractivity contribution is 0.0598. The summed E-state index contributed by atoms with van der Waals surface area (Å²) in [6.45, 7) is 10.2. The predicted molar refractivity (Wildman–Crippen MR) is 122 cm³/mol. The molecule has 162 valence electrons. The van der Waals surface area contributed by atoms with Gasteiger partial charge in [0.05, 0.1) is 5.69 Å². The normalized spacial score (nSPS) is 17.5. The molecule has 5 nitrogen and oxygen atoms in total. The Balaban J connectivity index is 1.85. The van der Waals surface area contributed by atoms with Gasteiger partial charge < -0.3 is 4.74 Å². The molecule has 0 N–H and O–H groups in total. The molecule has 0 saturated carbocycles. The summed E-state index contributed by atoms with van der Waals surface area (Å²) in [5.41, 5.74) is 1.40.